The number of carbonyl (C=O) groups is 2. The number of ketones is 1. The maximum Gasteiger partial charge on any atom is 0.224 e. The van der Waals surface area contributed by atoms with Crippen molar-refractivity contribution in [3.8, 4) is 0 Å². The number of likely N-dealkylation sites (tertiary alicyclic amines) is 1. The van der Waals surface area contributed by atoms with Crippen molar-refractivity contribution < 1.29 is 9.59 Å². The lowest BCUT2D eigenvalue weighted by Gasteiger charge is -2.36. The third-order valence-electron chi connectivity index (χ3n) is 5.63. The summed E-state index contributed by atoms with van der Waals surface area (Å²) >= 11 is 0. The molecular formula is C23H25N3O2. The van der Waals surface area contributed by atoms with Crippen LogP contribution in [0.3, 0.4) is 0 Å². The molecule has 0 spiro atoms. The van der Waals surface area contributed by atoms with Crippen molar-refractivity contribution in [1.29, 1.82) is 0 Å². The molecule has 1 aliphatic heterocycles. The van der Waals surface area contributed by atoms with Crippen molar-refractivity contribution in [2.75, 3.05) is 6.54 Å². The minimum atomic E-state index is 0.0500. The fourth-order valence-corrected chi connectivity index (χ4v) is 4.22. The Morgan fingerprint density at radius 3 is 2.79 bits per heavy atom. The molecule has 1 atom stereocenters. The summed E-state index contributed by atoms with van der Waals surface area (Å²) in [5, 5.41) is 0.952. The molecule has 3 heterocycles. The molecule has 3 aromatic rings. The first-order chi connectivity index (χ1) is 13.6. The minimum Gasteiger partial charge on any atom is -0.346 e. The monoisotopic (exact) mass is 375 g/mol. The summed E-state index contributed by atoms with van der Waals surface area (Å²) < 4.78 is 2.03. The van der Waals surface area contributed by atoms with E-state index in [0.29, 0.717) is 18.5 Å². The molecule has 0 N–H and O–H groups in total. The van der Waals surface area contributed by atoms with E-state index >= 15 is 0 Å². The van der Waals surface area contributed by atoms with Gasteiger partial charge in [-0.15, -0.1) is 0 Å². The number of rotatable bonds is 5. The predicted molar refractivity (Wildman–Crippen MR) is 109 cm³/mol. The maximum atomic E-state index is 13.1. The molecule has 1 amide bonds. The number of hydrogen-bond acceptors (Lipinski definition) is 3. The van der Waals surface area contributed by atoms with Crippen LogP contribution in [-0.2, 0) is 11.3 Å². The first-order valence-corrected chi connectivity index (χ1v) is 9.93. The van der Waals surface area contributed by atoms with Crippen LogP contribution in [0.15, 0.2) is 55.0 Å². The number of aryl methyl sites for hydroxylation is 1. The summed E-state index contributed by atoms with van der Waals surface area (Å²) in [5.41, 5.74) is 2.83. The van der Waals surface area contributed by atoms with Crippen molar-refractivity contribution in [2.24, 2.45) is 0 Å². The zero-order valence-corrected chi connectivity index (χ0v) is 16.2. The molecule has 0 bridgehead atoms. The molecule has 1 aromatic carbocycles. The van der Waals surface area contributed by atoms with Gasteiger partial charge < -0.3 is 9.47 Å². The average molecular weight is 375 g/mol. The Kier molecular flexibility index (Phi) is 5.24. The number of benzene rings is 1. The zero-order valence-electron chi connectivity index (χ0n) is 16.2. The number of amides is 1. The van der Waals surface area contributed by atoms with Crippen LogP contribution in [0.5, 0.6) is 0 Å². The number of hydrogen-bond donors (Lipinski definition) is 0. The Balaban J connectivity index is 1.52. The smallest absolute Gasteiger partial charge is 0.224 e. The largest absolute Gasteiger partial charge is 0.346 e. The quantitative estimate of drug-likeness (QED) is 0.622. The summed E-state index contributed by atoms with van der Waals surface area (Å²) in [6.07, 6.45) is 9.11. The highest BCUT2D eigenvalue weighted by molar-refractivity contribution is 6.06. The van der Waals surface area contributed by atoms with E-state index in [1.807, 2.05) is 52.2 Å². The Hall–Kier alpha value is -2.95. The second-order valence-electron chi connectivity index (χ2n) is 7.44. The second-order valence-corrected chi connectivity index (χ2v) is 7.44. The van der Waals surface area contributed by atoms with Crippen LogP contribution in [0.2, 0.25) is 0 Å². The van der Waals surface area contributed by atoms with E-state index in [2.05, 4.69) is 11.1 Å². The van der Waals surface area contributed by atoms with Gasteiger partial charge in [0.15, 0.2) is 5.78 Å². The molecule has 4 rings (SSSR count). The first-order valence-electron chi connectivity index (χ1n) is 9.93. The van der Waals surface area contributed by atoms with Gasteiger partial charge in [-0.2, -0.15) is 0 Å². The fraction of sp³-hybridized carbons (Fsp3) is 0.348. The van der Waals surface area contributed by atoms with E-state index in [4.69, 9.17) is 0 Å². The van der Waals surface area contributed by atoms with Gasteiger partial charge in [-0.25, -0.2) is 0 Å². The number of fused-ring (bicyclic) bond motifs is 1. The van der Waals surface area contributed by atoms with Crippen LogP contribution in [0.25, 0.3) is 10.9 Å². The lowest BCUT2D eigenvalue weighted by Crippen LogP contribution is -2.38. The third-order valence-corrected chi connectivity index (χ3v) is 5.63. The van der Waals surface area contributed by atoms with Crippen LogP contribution in [0.4, 0.5) is 0 Å². The van der Waals surface area contributed by atoms with Gasteiger partial charge >= 0.3 is 0 Å². The lowest BCUT2D eigenvalue weighted by molar-refractivity contribution is -0.135. The van der Waals surface area contributed by atoms with Crippen molar-refractivity contribution >= 4 is 22.6 Å². The number of nitrogens with zero attached hydrogens (tertiary/aromatic N) is 3. The van der Waals surface area contributed by atoms with Gasteiger partial charge in [-0.3, -0.25) is 14.6 Å². The summed E-state index contributed by atoms with van der Waals surface area (Å²) in [5.74, 6) is 0.213. The molecule has 1 saturated heterocycles. The van der Waals surface area contributed by atoms with Gasteiger partial charge in [-0.05, 0) is 43.9 Å². The third kappa shape index (κ3) is 3.57. The number of pyridine rings is 1. The molecule has 1 aliphatic rings. The molecule has 2 aromatic heterocycles. The van der Waals surface area contributed by atoms with E-state index in [1.54, 1.807) is 13.1 Å². The van der Waals surface area contributed by atoms with E-state index < -0.39 is 0 Å². The van der Waals surface area contributed by atoms with Crippen LogP contribution < -0.4 is 0 Å². The molecule has 0 radical (unpaired) electrons. The first kappa shape index (κ1) is 18.4. The minimum absolute atomic E-state index is 0.0500. The Bertz CT molecular complexity index is 994. The van der Waals surface area contributed by atoms with Crippen molar-refractivity contribution in [3.63, 3.8) is 0 Å². The van der Waals surface area contributed by atoms with Gasteiger partial charge in [0.2, 0.25) is 5.91 Å². The van der Waals surface area contributed by atoms with Gasteiger partial charge in [0.25, 0.3) is 0 Å². The number of para-hydroxylation sites is 1. The van der Waals surface area contributed by atoms with Gasteiger partial charge in [0.1, 0.15) is 0 Å². The van der Waals surface area contributed by atoms with E-state index in [9.17, 15) is 9.59 Å². The van der Waals surface area contributed by atoms with Crippen molar-refractivity contribution in [1.82, 2.24) is 14.5 Å². The predicted octanol–water partition coefficient (Wildman–Crippen LogP) is 4.38. The Labute approximate surface area is 165 Å². The Morgan fingerprint density at radius 1 is 1.14 bits per heavy atom. The summed E-state index contributed by atoms with van der Waals surface area (Å²) in [6, 6.07) is 12.0. The molecular weight excluding hydrogens is 350 g/mol. The summed E-state index contributed by atoms with van der Waals surface area (Å²) in [4.78, 5) is 31.3. The highest BCUT2D eigenvalue weighted by Gasteiger charge is 2.27. The van der Waals surface area contributed by atoms with E-state index in [0.717, 1.165) is 42.3 Å². The zero-order chi connectivity index (χ0) is 19.5. The SMILES string of the molecule is CC(=O)c1cn(CCC(=O)N2CCCCC2c2cccnc2)c2ccccc12. The van der Waals surface area contributed by atoms with Gasteiger partial charge in [-0.1, -0.05) is 24.3 Å². The number of piperidine rings is 1. The maximum absolute atomic E-state index is 13.1. The second kappa shape index (κ2) is 7.97. The fourth-order valence-electron chi connectivity index (χ4n) is 4.22. The van der Waals surface area contributed by atoms with Gasteiger partial charge in [0, 0.05) is 54.6 Å². The van der Waals surface area contributed by atoms with E-state index in [-0.39, 0.29) is 17.7 Å². The van der Waals surface area contributed by atoms with Crippen molar-refractivity contribution in [2.45, 2.75) is 45.2 Å². The average Bonchev–Trinajstić information content (AvgIpc) is 3.12. The Morgan fingerprint density at radius 2 is 2.00 bits per heavy atom. The van der Waals surface area contributed by atoms with Gasteiger partial charge in [0.05, 0.1) is 6.04 Å². The molecule has 0 saturated carbocycles. The van der Waals surface area contributed by atoms with Crippen LogP contribution >= 0.6 is 0 Å². The summed E-state index contributed by atoms with van der Waals surface area (Å²) in [6.45, 7) is 2.95. The lowest BCUT2D eigenvalue weighted by atomic mass is 9.96. The van der Waals surface area contributed by atoms with Crippen LogP contribution in [-0.4, -0.2) is 32.7 Å². The molecule has 0 aliphatic carbocycles. The standard InChI is InChI=1S/C23H25N3O2/c1-17(27)20-16-25(22-10-3-2-8-19(20)22)14-11-23(28)26-13-5-4-9-21(26)18-7-6-12-24-15-18/h2-3,6-8,10,12,15-16,21H,4-5,9,11,13-14H2,1H3. The molecule has 5 heteroatoms. The number of carbonyl (C=O) groups excluding carboxylic acids is 2. The van der Waals surface area contributed by atoms with Crippen molar-refractivity contribution in [3.05, 3.63) is 66.1 Å². The van der Waals surface area contributed by atoms with Crippen LogP contribution in [0.1, 0.15) is 54.6 Å². The highest BCUT2D eigenvalue weighted by Crippen LogP contribution is 2.31. The molecule has 5 nitrogen and oxygen atoms in total. The topological polar surface area (TPSA) is 55.2 Å². The molecule has 144 valence electrons. The highest BCUT2D eigenvalue weighted by atomic mass is 16.2. The molecule has 1 fully saturated rings. The van der Waals surface area contributed by atoms with Crippen LogP contribution in [0, 0.1) is 0 Å². The number of Topliss-reactive ketones (excluding diaryl/α,β-unsaturated/α-hetero) is 1. The van der Waals surface area contributed by atoms with E-state index in [1.165, 1.54) is 0 Å². The normalized spacial score (nSPS) is 17.0. The molecule has 1 unspecified atom stereocenters. The number of aromatic nitrogens is 2. The summed E-state index contributed by atoms with van der Waals surface area (Å²) in [7, 11) is 0. The molecule has 28 heavy (non-hydrogen) atoms.